The van der Waals surface area contributed by atoms with E-state index in [0.717, 1.165) is 24.9 Å². The maximum Gasteiger partial charge on any atom is 0.215 e. The highest BCUT2D eigenvalue weighted by Crippen LogP contribution is 2.12. The van der Waals surface area contributed by atoms with Gasteiger partial charge in [0.2, 0.25) is 10.0 Å². The molecule has 108 valence electrons. The first-order valence-electron chi connectivity index (χ1n) is 6.00. The third kappa shape index (κ3) is 5.67. The Kier molecular flexibility index (Phi) is 6.56. The summed E-state index contributed by atoms with van der Waals surface area (Å²) in [4.78, 5) is 0. The molecule has 0 saturated carbocycles. The molecule has 1 heterocycles. The highest BCUT2D eigenvalue weighted by molar-refractivity contribution is 7.88. The van der Waals surface area contributed by atoms with Gasteiger partial charge in [0.05, 0.1) is 5.75 Å². The van der Waals surface area contributed by atoms with Crippen LogP contribution in [0.3, 0.4) is 0 Å². The van der Waals surface area contributed by atoms with Gasteiger partial charge in [-0.2, -0.15) is 0 Å². The number of halogens is 2. The summed E-state index contributed by atoms with van der Waals surface area (Å²) in [6.45, 7) is 1.44. The second kappa shape index (κ2) is 7.45. The maximum absolute atomic E-state index is 11.9. The lowest BCUT2D eigenvalue weighted by Gasteiger charge is -2.12. The van der Waals surface area contributed by atoms with Gasteiger partial charge < -0.3 is 5.32 Å². The third-order valence-electron chi connectivity index (χ3n) is 2.98. The van der Waals surface area contributed by atoms with E-state index < -0.39 is 10.0 Å². The Bertz CT molecular complexity index is 485. The van der Waals surface area contributed by atoms with Gasteiger partial charge in [-0.15, -0.1) is 12.4 Å². The van der Waals surface area contributed by atoms with Crippen molar-refractivity contribution in [2.45, 2.75) is 24.6 Å². The smallest absolute Gasteiger partial charge is 0.215 e. The third-order valence-corrected chi connectivity index (χ3v) is 4.55. The first-order valence-corrected chi connectivity index (χ1v) is 8.03. The molecule has 1 aliphatic heterocycles. The molecular weight excluding hydrogens is 307 g/mol. The summed E-state index contributed by atoms with van der Waals surface area (Å²) < 4.78 is 26.4. The number of rotatable bonds is 5. The monoisotopic (exact) mass is 324 g/mol. The molecule has 1 aromatic carbocycles. The summed E-state index contributed by atoms with van der Waals surface area (Å²) in [6.07, 6.45) is 2.15. The van der Waals surface area contributed by atoms with Crippen LogP contribution in [0.15, 0.2) is 24.3 Å². The van der Waals surface area contributed by atoms with Crippen molar-refractivity contribution in [2.24, 2.45) is 0 Å². The van der Waals surface area contributed by atoms with E-state index in [0.29, 0.717) is 11.6 Å². The normalized spacial score (nSPS) is 19.1. The summed E-state index contributed by atoms with van der Waals surface area (Å²) in [5.41, 5.74) is 0.742. The van der Waals surface area contributed by atoms with Crippen molar-refractivity contribution in [3.05, 3.63) is 34.9 Å². The fourth-order valence-corrected chi connectivity index (χ4v) is 3.32. The van der Waals surface area contributed by atoms with Crippen LogP contribution in [0.25, 0.3) is 0 Å². The molecular formula is C12H18Cl2N2O2S. The molecule has 19 heavy (non-hydrogen) atoms. The average Bonchev–Trinajstić information content (AvgIpc) is 2.83. The zero-order valence-corrected chi connectivity index (χ0v) is 12.8. The van der Waals surface area contributed by atoms with Crippen molar-refractivity contribution in [2.75, 3.05) is 13.1 Å². The van der Waals surface area contributed by atoms with Crippen LogP contribution >= 0.6 is 24.0 Å². The van der Waals surface area contributed by atoms with Crippen molar-refractivity contribution < 1.29 is 8.42 Å². The highest BCUT2D eigenvalue weighted by Gasteiger charge is 2.17. The fraction of sp³-hybridized carbons (Fsp3) is 0.500. The van der Waals surface area contributed by atoms with Gasteiger partial charge in [-0.3, -0.25) is 0 Å². The molecule has 2 N–H and O–H groups in total. The topological polar surface area (TPSA) is 58.2 Å². The minimum absolute atomic E-state index is 0. The predicted octanol–water partition coefficient (Wildman–Crippen LogP) is 1.93. The maximum atomic E-state index is 11.9. The standard InChI is InChI=1S/C12H17ClN2O2S.ClH/c13-11-5-3-10(4-6-11)9-18(16,17)15-8-12-2-1-7-14-12;/h3-6,12,14-15H,1-2,7-9H2;1H/t12-;/m0./s1. The van der Waals surface area contributed by atoms with Crippen LogP contribution in [-0.4, -0.2) is 27.5 Å². The largest absolute Gasteiger partial charge is 0.313 e. The molecule has 0 aliphatic carbocycles. The lowest BCUT2D eigenvalue weighted by molar-refractivity contribution is 0.551. The van der Waals surface area contributed by atoms with Crippen molar-refractivity contribution in [3.63, 3.8) is 0 Å². The Morgan fingerprint density at radius 3 is 2.58 bits per heavy atom. The van der Waals surface area contributed by atoms with Gasteiger partial charge in [0.1, 0.15) is 0 Å². The Labute approximate surface area is 125 Å². The summed E-state index contributed by atoms with van der Waals surface area (Å²) in [5, 5.41) is 3.87. The first-order chi connectivity index (χ1) is 8.55. The summed E-state index contributed by atoms with van der Waals surface area (Å²) >= 11 is 5.76. The van der Waals surface area contributed by atoms with Crippen LogP contribution in [0.2, 0.25) is 5.02 Å². The predicted molar refractivity (Wildman–Crippen MR) is 80.4 cm³/mol. The van der Waals surface area contributed by atoms with Gasteiger partial charge in [0.25, 0.3) is 0 Å². The fourth-order valence-electron chi connectivity index (χ4n) is 2.01. The minimum Gasteiger partial charge on any atom is -0.313 e. The molecule has 0 bridgehead atoms. The van der Waals surface area contributed by atoms with Crippen LogP contribution in [-0.2, 0) is 15.8 Å². The van der Waals surface area contributed by atoms with Crippen LogP contribution in [0, 0.1) is 0 Å². The number of hydrogen-bond donors (Lipinski definition) is 2. The van der Waals surface area contributed by atoms with E-state index in [1.165, 1.54) is 0 Å². The molecule has 0 spiro atoms. The molecule has 4 nitrogen and oxygen atoms in total. The van der Waals surface area contributed by atoms with Crippen molar-refractivity contribution in [1.82, 2.24) is 10.0 Å². The second-order valence-corrected chi connectivity index (χ2v) is 6.77. The number of nitrogens with one attached hydrogen (secondary N) is 2. The van der Waals surface area contributed by atoms with Gasteiger partial charge >= 0.3 is 0 Å². The summed E-state index contributed by atoms with van der Waals surface area (Å²) in [6, 6.07) is 7.13. The molecule has 2 rings (SSSR count). The van der Waals surface area contributed by atoms with Gasteiger partial charge in [-0.25, -0.2) is 13.1 Å². The van der Waals surface area contributed by atoms with E-state index >= 15 is 0 Å². The second-order valence-electron chi connectivity index (χ2n) is 4.53. The van der Waals surface area contributed by atoms with Gasteiger partial charge in [-0.1, -0.05) is 23.7 Å². The Balaban J connectivity index is 0.00000180. The molecule has 7 heteroatoms. The quantitative estimate of drug-likeness (QED) is 0.870. The SMILES string of the molecule is Cl.O=S(=O)(Cc1ccc(Cl)cc1)NC[C@@H]1CCCN1. The Hall–Kier alpha value is -0.330. The first kappa shape index (κ1) is 16.7. The van der Waals surface area contributed by atoms with Crippen LogP contribution in [0.4, 0.5) is 0 Å². The number of sulfonamides is 1. The molecule has 1 saturated heterocycles. The molecule has 1 fully saturated rings. The molecule has 0 aromatic heterocycles. The van der Waals surface area contributed by atoms with Crippen molar-refractivity contribution in [1.29, 1.82) is 0 Å². The zero-order chi connectivity index (χ0) is 13.0. The van der Waals surface area contributed by atoms with Crippen molar-refractivity contribution >= 4 is 34.0 Å². The number of benzene rings is 1. The lowest BCUT2D eigenvalue weighted by atomic mass is 10.2. The molecule has 1 aromatic rings. The van der Waals surface area contributed by atoms with Gasteiger partial charge in [-0.05, 0) is 37.1 Å². The molecule has 1 atom stereocenters. The zero-order valence-electron chi connectivity index (χ0n) is 10.4. The van der Waals surface area contributed by atoms with E-state index in [-0.39, 0.29) is 24.2 Å². The van der Waals surface area contributed by atoms with E-state index in [2.05, 4.69) is 10.0 Å². The van der Waals surface area contributed by atoms with Crippen LogP contribution in [0.5, 0.6) is 0 Å². The van der Waals surface area contributed by atoms with Crippen LogP contribution < -0.4 is 10.0 Å². The lowest BCUT2D eigenvalue weighted by Crippen LogP contribution is -2.37. The highest BCUT2D eigenvalue weighted by atomic mass is 35.5. The molecule has 0 amide bonds. The Morgan fingerprint density at radius 2 is 2.00 bits per heavy atom. The van der Waals surface area contributed by atoms with Gasteiger partial charge in [0.15, 0.2) is 0 Å². The summed E-state index contributed by atoms with van der Waals surface area (Å²) in [5.74, 6) is -0.00309. The van der Waals surface area contributed by atoms with Crippen LogP contribution in [0.1, 0.15) is 18.4 Å². The van der Waals surface area contributed by atoms with E-state index in [4.69, 9.17) is 11.6 Å². The average molecular weight is 325 g/mol. The van der Waals surface area contributed by atoms with E-state index in [9.17, 15) is 8.42 Å². The van der Waals surface area contributed by atoms with Gasteiger partial charge in [0, 0.05) is 17.6 Å². The molecule has 0 unspecified atom stereocenters. The van der Waals surface area contributed by atoms with Crippen molar-refractivity contribution in [3.8, 4) is 0 Å². The minimum atomic E-state index is -3.27. The molecule has 0 radical (unpaired) electrons. The molecule has 1 aliphatic rings. The Morgan fingerprint density at radius 1 is 1.32 bits per heavy atom. The van der Waals surface area contributed by atoms with E-state index in [1.807, 2.05) is 0 Å². The number of hydrogen-bond acceptors (Lipinski definition) is 3. The summed E-state index contributed by atoms with van der Waals surface area (Å²) in [7, 11) is -3.27. The van der Waals surface area contributed by atoms with E-state index in [1.54, 1.807) is 24.3 Å².